The largest absolute Gasteiger partial charge is 0.668 e. The summed E-state index contributed by atoms with van der Waals surface area (Å²) >= 11 is 0.0162. The van der Waals surface area contributed by atoms with Crippen molar-refractivity contribution in [3.05, 3.63) is 0 Å². The van der Waals surface area contributed by atoms with Crippen LogP contribution < -0.4 is 0 Å². The molecule has 0 aromatic heterocycles. The molecule has 0 atom stereocenters. The molecule has 56 valence electrons. The second kappa shape index (κ2) is 5.30. The van der Waals surface area contributed by atoms with Crippen LogP contribution in [0.2, 0.25) is 0 Å². The van der Waals surface area contributed by atoms with E-state index in [0.29, 0.717) is 0 Å². The average Bonchev–Trinajstić information content (AvgIpc) is 1.19. The molecule has 0 amide bonds. The molecule has 4 N–H and O–H groups in total. The van der Waals surface area contributed by atoms with Crippen molar-refractivity contribution in [2.24, 2.45) is 0 Å². The third-order valence-corrected chi connectivity index (χ3v) is 0. The van der Waals surface area contributed by atoms with Gasteiger partial charge in [-0.1, -0.05) is 0 Å². The van der Waals surface area contributed by atoms with Crippen LogP contribution in [0.3, 0.4) is 0 Å². The topological polar surface area (TPSA) is 115 Å². The summed E-state index contributed by atoms with van der Waals surface area (Å²) in [7, 11) is -4.61. The van der Waals surface area contributed by atoms with Crippen molar-refractivity contribution >= 4 is 31.4 Å². The molecule has 0 bridgehead atoms. The summed E-state index contributed by atoms with van der Waals surface area (Å²) in [6, 6.07) is 0. The molecule has 0 rings (SSSR count). The molecular formula is H7GeO6PSi. The van der Waals surface area contributed by atoms with Crippen molar-refractivity contribution < 1.29 is 28.3 Å². The summed E-state index contributed by atoms with van der Waals surface area (Å²) in [6.07, 6.45) is -1.93. The van der Waals surface area contributed by atoms with E-state index in [1.54, 1.807) is 0 Å². The Kier molecular flexibility index (Phi) is 7.18. The molecule has 0 spiro atoms. The smallest absolute Gasteiger partial charge is 0.368 e. The van der Waals surface area contributed by atoms with Crippen LogP contribution in [0, 0.1) is 0 Å². The van der Waals surface area contributed by atoms with Crippen molar-refractivity contribution in [1.82, 2.24) is 0 Å². The van der Waals surface area contributed by atoms with Gasteiger partial charge >= 0.3 is 40.5 Å². The number of hydrogen-bond donors (Lipinski definition) is 4. The van der Waals surface area contributed by atoms with Gasteiger partial charge < -0.3 is 19.2 Å². The SMILES string of the molecule is O=[P](=O)[GeH3].O[Si](O)(O)O. The predicted octanol–water partition coefficient (Wildman–Crippen LogP) is -3.17. The van der Waals surface area contributed by atoms with Crippen molar-refractivity contribution in [3.8, 4) is 0 Å². The molecule has 0 aromatic carbocycles. The Hall–Kier alpha value is 0.500. The van der Waals surface area contributed by atoms with Gasteiger partial charge in [0, 0.05) is 0 Å². The summed E-state index contributed by atoms with van der Waals surface area (Å²) in [5.41, 5.74) is 0. The summed E-state index contributed by atoms with van der Waals surface area (Å²) < 4.78 is 18.2. The van der Waals surface area contributed by atoms with E-state index in [4.69, 9.17) is 28.3 Å². The van der Waals surface area contributed by atoms with E-state index in [1.807, 2.05) is 0 Å². The number of hydrogen-bond acceptors (Lipinski definition) is 6. The first kappa shape index (κ1) is 12.2. The van der Waals surface area contributed by atoms with E-state index < -0.39 is 15.3 Å². The molecule has 0 unspecified atom stereocenters. The molecule has 0 aliphatic heterocycles. The van der Waals surface area contributed by atoms with Crippen LogP contribution >= 0.6 is 6.29 Å². The zero-order valence-corrected chi connectivity index (χ0v) is 10.6. The molecule has 6 nitrogen and oxygen atoms in total. The maximum Gasteiger partial charge on any atom is 0.668 e. The maximum atomic E-state index is 9.12. The molecule has 0 aliphatic rings. The Morgan fingerprint density at radius 2 is 1.11 bits per heavy atom. The fraction of sp³-hybridized carbons (Fsp3) is 0. The second-order valence-electron chi connectivity index (χ2n) is 1.04. The second-order valence-corrected chi connectivity index (χ2v) is 7.72. The number of rotatable bonds is 0. The molecule has 0 saturated heterocycles. The Bertz CT molecular complexity index is 108. The third kappa shape index (κ3) is 1440. The van der Waals surface area contributed by atoms with Crippen molar-refractivity contribution in [2.75, 3.05) is 0 Å². The Morgan fingerprint density at radius 1 is 1.11 bits per heavy atom. The molecule has 9 heteroatoms. The first-order chi connectivity index (χ1) is 3.73. The Labute approximate surface area is 60.3 Å². The van der Waals surface area contributed by atoms with Crippen LogP contribution in [-0.2, 0) is 9.13 Å². The first-order valence-corrected chi connectivity index (χ1v) is 10.8. The minimum Gasteiger partial charge on any atom is -0.368 e. The summed E-state index contributed by atoms with van der Waals surface area (Å²) in [6.45, 7) is 0. The van der Waals surface area contributed by atoms with Crippen LogP contribution in [0.15, 0.2) is 0 Å². The quantitative estimate of drug-likeness (QED) is 0.260. The van der Waals surface area contributed by atoms with E-state index in [1.165, 1.54) is 0 Å². The zero-order chi connectivity index (χ0) is 8.08. The van der Waals surface area contributed by atoms with Crippen LogP contribution in [-0.4, -0.2) is 44.3 Å². The van der Waals surface area contributed by atoms with Gasteiger partial charge in [0.2, 0.25) is 0 Å². The van der Waals surface area contributed by atoms with Crippen LogP contribution in [0.1, 0.15) is 0 Å². The van der Waals surface area contributed by atoms with Gasteiger partial charge in [-0.15, -0.1) is 0 Å². The van der Waals surface area contributed by atoms with Gasteiger partial charge in [0.1, 0.15) is 0 Å². The minimum atomic E-state index is -4.61. The van der Waals surface area contributed by atoms with Crippen molar-refractivity contribution in [3.63, 3.8) is 0 Å². The van der Waals surface area contributed by atoms with Gasteiger partial charge in [-0.2, -0.15) is 0 Å². The standard InChI is InChI=1S/GeH3O2P.H4O4Si/c1-4(2)3;1-5(2,3)4/h1H3;1-4H. The van der Waals surface area contributed by atoms with Crippen LogP contribution in [0.25, 0.3) is 0 Å². The Morgan fingerprint density at radius 3 is 1.11 bits per heavy atom. The van der Waals surface area contributed by atoms with Crippen molar-refractivity contribution in [2.45, 2.75) is 0 Å². The van der Waals surface area contributed by atoms with Crippen LogP contribution in [0.4, 0.5) is 0 Å². The zero-order valence-electron chi connectivity index (χ0n) is 4.55. The third-order valence-electron chi connectivity index (χ3n) is 0. The van der Waals surface area contributed by atoms with Gasteiger partial charge in [-0.05, 0) is 0 Å². The fourth-order valence-corrected chi connectivity index (χ4v) is 0. The summed E-state index contributed by atoms with van der Waals surface area (Å²) in [4.78, 5) is 29.3. The van der Waals surface area contributed by atoms with Gasteiger partial charge in [0.25, 0.3) is 0 Å². The molecule has 0 saturated carbocycles. The van der Waals surface area contributed by atoms with Crippen LogP contribution in [0.5, 0.6) is 0 Å². The Balaban J connectivity index is 0. The molecule has 9 heavy (non-hydrogen) atoms. The molecule has 0 radical (unpaired) electrons. The molecular weight excluding hydrogens is 228 g/mol. The van der Waals surface area contributed by atoms with Gasteiger partial charge in [-0.25, -0.2) is 0 Å². The van der Waals surface area contributed by atoms with Crippen molar-refractivity contribution in [1.29, 1.82) is 0 Å². The summed E-state index contributed by atoms with van der Waals surface area (Å²) in [5.74, 6) is 0. The van der Waals surface area contributed by atoms with Gasteiger partial charge in [0.15, 0.2) is 0 Å². The predicted molar refractivity (Wildman–Crippen MR) is 32.9 cm³/mol. The molecule has 0 aliphatic carbocycles. The maximum absolute atomic E-state index is 9.12. The van der Waals surface area contributed by atoms with E-state index in [-0.39, 0.29) is 16.1 Å². The minimum absolute atomic E-state index is 0.0162. The van der Waals surface area contributed by atoms with Gasteiger partial charge in [-0.3, -0.25) is 0 Å². The monoisotopic (exact) mass is 236 g/mol. The normalized spacial score (nSPS) is 9.78. The molecule has 0 fully saturated rings. The summed E-state index contributed by atoms with van der Waals surface area (Å²) in [5, 5.41) is 0. The molecule has 0 aromatic rings. The first-order valence-electron chi connectivity index (χ1n) is 1.71. The average molecular weight is 235 g/mol. The van der Waals surface area contributed by atoms with Gasteiger partial charge in [0.05, 0.1) is 0 Å². The van der Waals surface area contributed by atoms with E-state index in [2.05, 4.69) is 0 Å². The van der Waals surface area contributed by atoms with E-state index >= 15 is 0 Å². The fourth-order valence-electron chi connectivity index (χ4n) is 0. The van der Waals surface area contributed by atoms with E-state index in [0.717, 1.165) is 0 Å². The van der Waals surface area contributed by atoms with E-state index in [9.17, 15) is 0 Å². The molecule has 0 heterocycles.